The van der Waals surface area contributed by atoms with Crippen molar-refractivity contribution in [3.05, 3.63) is 53.1 Å². The number of nitrogens with two attached hydrogens (primary N) is 1. The maximum Gasteiger partial charge on any atom is 0.188 e. The normalized spacial score (nSPS) is 16.2. The van der Waals surface area contributed by atoms with E-state index in [9.17, 15) is 0 Å². The number of rotatable bonds is 7. The van der Waals surface area contributed by atoms with Crippen molar-refractivity contribution < 1.29 is 14.2 Å². The highest BCUT2D eigenvalue weighted by atomic mass is 16.5. The van der Waals surface area contributed by atoms with Crippen LogP contribution in [0.4, 0.5) is 0 Å². The molecule has 6 nitrogen and oxygen atoms in total. The summed E-state index contributed by atoms with van der Waals surface area (Å²) in [4.78, 5) is 4.46. The lowest BCUT2D eigenvalue weighted by molar-refractivity contribution is 0.354. The molecular weight excluding hydrogens is 354 g/mol. The molecule has 6 heteroatoms. The third kappa shape index (κ3) is 4.68. The van der Waals surface area contributed by atoms with Gasteiger partial charge in [-0.05, 0) is 60.2 Å². The Morgan fingerprint density at radius 2 is 1.89 bits per heavy atom. The summed E-state index contributed by atoms with van der Waals surface area (Å²) in [7, 11) is 4.95. The zero-order chi connectivity index (χ0) is 19.9. The zero-order valence-electron chi connectivity index (χ0n) is 16.8. The van der Waals surface area contributed by atoms with Gasteiger partial charge in [-0.1, -0.05) is 12.1 Å². The van der Waals surface area contributed by atoms with Crippen molar-refractivity contribution in [2.24, 2.45) is 10.7 Å². The molecule has 2 aromatic carbocycles. The third-order valence-corrected chi connectivity index (χ3v) is 5.20. The molecule has 0 fully saturated rings. The summed E-state index contributed by atoms with van der Waals surface area (Å²) in [5.41, 5.74) is 9.86. The highest BCUT2D eigenvalue weighted by Crippen LogP contribution is 2.33. The molecule has 0 saturated heterocycles. The number of fused-ring (bicyclic) bond motifs is 1. The van der Waals surface area contributed by atoms with E-state index in [-0.39, 0.29) is 0 Å². The number of aliphatic imine (C=N–C) groups is 1. The SMILES string of the molecule is COc1ccc2c(c1)CCCC2CNC(N)=NCc1ccc(OC)c(OC)c1. The smallest absolute Gasteiger partial charge is 0.188 e. The van der Waals surface area contributed by atoms with Crippen LogP contribution in [-0.2, 0) is 13.0 Å². The minimum atomic E-state index is 0.435. The van der Waals surface area contributed by atoms with Gasteiger partial charge in [-0.2, -0.15) is 0 Å². The first kappa shape index (κ1) is 19.9. The number of nitrogens with zero attached hydrogens (tertiary/aromatic N) is 1. The first-order chi connectivity index (χ1) is 13.6. The van der Waals surface area contributed by atoms with Crippen LogP contribution >= 0.6 is 0 Å². The minimum Gasteiger partial charge on any atom is -0.497 e. The molecule has 28 heavy (non-hydrogen) atoms. The van der Waals surface area contributed by atoms with Crippen molar-refractivity contribution in [3.63, 3.8) is 0 Å². The van der Waals surface area contributed by atoms with E-state index in [0.29, 0.717) is 29.9 Å². The Kier molecular flexibility index (Phi) is 6.63. The molecule has 0 radical (unpaired) electrons. The fourth-order valence-electron chi connectivity index (χ4n) is 3.67. The molecule has 0 aromatic heterocycles. The molecule has 0 amide bonds. The number of methoxy groups -OCH3 is 3. The van der Waals surface area contributed by atoms with Gasteiger partial charge in [0.2, 0.25) is 0 Å². The van der Waals surface area contributed by atoms with Crippen molar-refractivity contribution in [2.75, 3.05) is 27.9 Å². The van der Waals surface area contributed by atoms with Gasteiger partial charge in [0.1, 0.15) is 5.75 Å². The van der Waals surface area contributed by atoms with Crippen molar-refractivity contribution in [2.45, 2.75) is 31.7 Å². The predicted molar refractivity (Wildman–Crippen MR) is 112 cm³/mol. The largest absolute Gasteiger partial charge is 0.497 e. The van der Waals surface area contributed by atoms with Gasteiger partial charge in [-0.25, -0.2) is 4.99 Å². The van der Waals surface area contributed by atoms with Crippen LogP contribution in [0.3, 0.4) is 0 Å². The van der Waals surface area contributed by atoms with Gasteiger partial charge in [-0.15, -0.1) is 0 Å². The fourth-order valence-corrected chi connectivity index (χ4v) is 3.67. The lowest BCUT2D eigenvalue weighted by Gasteiger charge is -2.26. The Balaban J connectivity index is 1.59. The summed E-state index contributed by atoms with van der Waals surface area (Å²) in [5, 5.41) is 3.28. The van der Waals surface area contributed by atoms with E-state index >= 15 is 0 Å². The molecule has 2 aromatic rings. The lowest BCUT2D eigenvalue weighted by atomic mass is 9.82. The summed E-state index contributed by atoms with van der Waals surface area (Å²) in [6.45, 7) is 1.26. The summed E-state index contributed by atoms with van der Waals surface area (Å²) in [6, 6.07) is 12.1. The molecule has 0 heterocycles. The molecule has 3 rings (SSSR count). The zero-order valence-corrected chi connectivity index (χ0v) is 16.8. The summed E-state index contributed by atoms with van der Waals surface area (Å²) in [6.07, 6.45) is 3.43. The van der Waals surface area contributed by atoms with Crippen LogP contribution < -0.4 is 25.3 Å². The van der Waals surface area contributed by atoms with Gasteiger partial charge < -0.3 is 25.3 Å². The molecular formula is C22H29N3O3. The Morgan fingerprint density at radius 1 is 1.07 bits per heavy atom. The average Bonchev–Trinajstić information content (AvgIpc) is 2.75. The Morgan fingerprint density at radius 3 is 2.64 bits per heavy atom. The number of hydrogen-bond donors (Lipinski definition) is 2. The molecule has 0 saturated carbocycles. The summed E-state index contributed by atoms with van der Waals surface area (Å²) >= 11 is 0. The quantitative estimate of drug-likeness (QED) is 0.567. The standard InChI is InChI=1S/C22H29N3O3/c1-26-18-8-9-19-16(12-18)5-4-6-17(19)14-25-22(23)24-13-15-7-10-20(27-2)21(11-15)28-3/h7-12,17H,4-6,13-14H2,1-3H3,(H3,23,24,25). The van der Waals surface area contributed by atoms with Crippen LogP contribution in [0, 0.1) is 0 Å². The number of aryl methyl sites for hydroxylation is 1. The Hall–Kier alpha value is -2.89. The van der Waals surface area contributed by atoms with Crippen LogP contribution in [0.5, 0.6) is 17.2 Å². The van der Waals surface area contributed by atoms with Gasteiger partial charge in [0.25, 0.3) is 0 Å². The van der Waals surface area contributed by atoms with Gasteiger partial charge in [0.15, 0.2) is 17.5 Å². The van der Waals surface area contributed by atoms with Crippen LogP contribution in [0.15, 0.2) is 41.4 Å². The monoisotopic (exact) mass is 383 g/mol. The number of benzene rings is 2. The Labute approximate surface area is 166 Å². The number of guanidine groups is 1. The van der Waals surface area contributed by atoms with E-state index in [1.807, 2.05) is 24.3 Å². The second kappa shape index (κ2) is 9.35. The van der Waals surface area contributed by atoms with E-state index in [4.69, 9.17) is 19.9 Å². The number of ether oxygens (including phenoxy) is 3. The van der Waals surface area contributed by atoms with E-state index in [1.165, 1.54) is 17.5 Å². The second-order valence-corrected chi connectivity index (χ2v) is 6.93. The van der Waals surface area contributed by atoms with Crippen molar-refractivity contribution in [1.29, 1.82) is 0 Å². The molecule has 1 aliphatic rings. The second-order valence-electron chi connectivity index (χ2n) is 6.93. The molecule has 0 aliphatic heterocycles. The van der Waals surface area contributed by atoms with Gasteiger partial charge in [-0.3, -0.25) is 0 Å². The molecule has 1 atom stereocenters. The van der Waals surface area contributed by atoms with E-state index < -0.39 is 0 Å². The first-order valence-electron chi connectivity index (χ1n) is 9.56. The van der Waals surface area contributed by atoms with Crippen LogP contribution in [0.2, 0.25) is 0 Å². The summed E-state index contributed by atoms with van der Waals surface area (Å²) < 4.78 is 15.9. The topological polar surface area (TPSA) is 78.1 Å². The van der Waals surface area contributed by atoms with E-state index in [2.05, 4.69) is 22.4 Å². The molecule has 0 spiro atoms. The predicted octanol–water partition coefficient (Wildman–Crippen LogP) is 3.24. The van der Waals surface area contributed by atoms with Gasteiger partial charge in [0, 0.05) is 12.5 Å². The highest BCUT2D eigenvalue weighted by Gasteiger charge is 2.20. The van der Waals surface area contributed by atoms with Crippen LogP contribution in [0.25, 0.3) is 0 Å². The van der Waals surface area contributed by atoms with Crippen molar-refractivity contribution >= 4 is 5.96 Å². The van der Waals surface area contributed by atoms with Crippen molar-refractivity contribution in [3.8, 4) is 17.2 Å². The van der Waals surface area contributed by atoms with Gasteiger partial charge >= 0.3 is 0 Å². The maximum atomic E-state index is 6.09. The Bertz CT molecular complexity index is 836. The van der Waals surface area contributed by atoms with Crippen LogP contribution in [0.1, 0.15) is 35.4 Å². The molecule has 150 valence electrons. The number of hydrogen-bond acceptors (Lipinski definition) is 4. The molecule has 0 bridgehead atoms. The third-order valence-electron chi connectivity index (χ3n) is 5.20. The molecule has 1 aliphatic carbocycles. The molecule has 1 unspecified atom stereocenters. The van der Waals surface area contributed by atoms with Crippen LogP contribution in [-0.4, -0.2) is 33.8 Å². The summed E-state index contributed by atoms with van der Waals surface area (Å²) in [5.74, 6) is 3.20. The highest BCUT2D eigenvalue weighted by molar-refractivity contribution is 5.77. The minimum absolute atomic E-state index is 0.435. The fraction of sp³-hybridized carbons (Fsp3) is 0.409. The van der Waals surface area contributed by atoms with Gasteiger partial charge in [0.05, 0.1) is 27.9 Å². The first-order valence-corrected chi connectivity index (χ1v) is 9.56. The van der Waals surface area contributed by atoms with Crippen molar-refractivity contribution in [1.82, 2.24) is 5.32 Å². The van der Waals surface area contributed by atoms with E-state index in [1.54, 1.807) is 21.3 Å². The molecule has 3 N–H and O–H groups in total. The van der Waals surface area contributed by atoms with E-state index in [0.717, 1.165) is 30.7 Å². The average molecular weight is 383 g/mol. The lowest BCUT2D eigenvalue weighted by Crippen LogP contribution is -2.35. The number of nitrogens with one attached hydrogen (secondary N) is 1. The maximum absolute atomic E-state index is 6.09.